The fourth-order valence-corrected chi connectivity index (χ4v) is 3.10. The highest BCUT2D eigenvalue weighted by atomic mass is 32.2. The third-order valence-corrected chi connectivity index (χ3v) is 5.79. The van der Waals surface area contributed by atoms with Crippen LogP contribution in [0.5, 0.6) is 0 Å². The molecule has 5 nitrogen and oxygen atoms in total. The van der Waals surface area contributed by atoms with Crippen molar-refractivity contribution in [2.45, 2.75) is 36.8 Å². The number of benzene rings is 1. The van der Waals surface area contributed by atoms with Crippen LogP contribution in [0.2, 0.25) is 0 Å². The fraction of sp³-hybridized carbons (Fsp3) is 0.600. The van der Waals surface area contributed by atoms with E-state index in [0.717, 1.165) is 18.4 Å². The summed E-state index contributed by atoms with van der Waals surface area (Å²) >= 11 is 0. The molecule has 0 amide bonds. The lowest BCUT2D eigenvalue weighted by atomic mass is 10.1. The van der Waals surface area contributed by atoms with Gasteiger partial charge in [-0.3, -0.25) is 0 Å². The van der Waals surface area contributed by atoms with E-state index in [1.807, 2.05) is 19.1 Å². The molecule has 118 valence electrons. The predicted octanol–water partition coefficient (Wildman–Crippen LogP) is 1.36. The molecule has 1 saturated carbocycles. The molecule has 0 saturated heterocycles. The van der Waals surface area contributed by atoms with Crippen molar-refractivity contribution in [3.8, 4) is 0 Å². The molecule has 1 aromatic carbocycles. The van der Waals surface area contributed by atoms with E-state index < -0.39 is 10.0 Å². The molecule has 1 aliphatic rings. The number of nitrogens with zero attached hydrogens (tertiary/aromatic N) is 1. The van der Waals surface area contributed by atoms with Crippen molar-refractivity contribution in [3.05, 3.63) is 29.8 Å². The van der Waals surface area contributed by atoms with Crippen LogP contribution in [-0.2, 0) is 10.0 Å². The number of hydrogen-bond acceptors (Lipinski definition) is 4. The zero-order valence-electron chi connectivity index (χ0n) is 12.8. The first kappa shape index (κ1) is 16.4. The van der Waals surface area contributed by atoms with Crippen LogP contribution in [0.3, 0.4) is 0 Å². The van der Waals surface area contributed by atoms with Gasteiger partial charge in [0.2, 0.25) is 10.0 Å². The van der Waals surface area contributed by atoms with Crippen LogP contribution in [0.15, 0.2) is 29.2 Å². The number of aliphatic hydroxyl groups excluding tert-OH is 1. The van der Waals surface area contributed by atoms with E-state index in [9.17, 15) is 13.5 Å². The van der Waals surface area contributed by atoms with Gasteiger partial charge in [-0.15, -0.1) is 0 Å². The first-order valence-electron chi connectivity index (χ1n) is 7.26. The van der Waals surface area contributed by atoms with Gasteiger partial charge in [0.15, 0.2) is 0 Å². The minimum Gasteiger partial charge on any atom is -0.392 e. The summed E-state index contributed by atoms with van der Waals surface area (Å²) in [4.78, 5) is 0.293. The van der Waals surface area contributed by atoms with Crippen molar-refractivity contribution in [3.63, 3.8) is 0 Å². The van der Waals surface area contributed by atoms with Crippen molar-refractivity contribution in [2.75, 3.05) is 20.6 Å². The molecule has 6 heteroatoms. The predicted molar refractivity (Wildman–Crippen MR) is 82.5 cm³/mol. The van der Waals surface area contributed by atoms with Crippen molar-refractivity contribution < 1.29 is 13.5 Å². The van der Waals surface area contributed by atoms with Crippen molar-refractivity contribution in [1.29, 1.82) is 0 Å². The minimum absolute atomic E-state index is 0.0783. The molecule has 2 atom stereocenters. The average Bonchev–Trinajstić information content (AvgIpc) is 3.29. The van der Waals surface area contributed by atoms with E-state index in [0.29, 0.717) is 17.4 Å². The quantitative estimate of drug-likeness (QED) is 0.797. The minimum atomic E-state index is -3.38. The highest BCUT2D eigenvalue weighted by Crippen LogP contribution is 2.32. The summed E-state index contributed by atoms with van der Waals surface area (Å²) in [5, 5.41) is 13.1. The Hall–Kier alpha value is -0.950. The first-order chi connectivity index (χ1) is 9.82. The topological polar surface area (TPSA) is 69.6 Å². The Kier molecular flexibility index (Phi) is 5.03. The lowest BCUT2D eigenvalue weighted by Gasteiger charge is -2.18. The molecular formula is C15H24N2O3S. The summed E-state index contributed by atoms with van der Waals surface area (Å²) in [6.07, 6.45) is 1.96. The zero-order valence-corrected chi connectivity index (χ0v) is 13.6. The van der Waals surface area contributed by atoms with Gasteiger partial charge in [-0.2, -0.15) is 0 Å². The summed E-state index contributed by atoms with van der Waals surface area (Å²) in [5.41, 5.74) is 1.01. The van der Waals surface area contributed by atoms with E-state index >= 15 is 0 Å². The molecule has 0 spiro atoms. The van der Waals surface area contributed by atoms with Gasteiger partial charge in [0.1, 0.15) is 0 Å². The SMILES string of the molecule is CC(NCC(O)C1CC1)c1ccc(S(=O)(=O)N(C)C)cc1. The molecule has 2 rings (SSSR count). The van der Waals surface area contributed by atoms with E-state index in [1.54, 1.807) is 12.1 Å². The summed E-state index contributed by atoms with van der Waals surface area (Å²) in [6, 6.07) is 6.96. The van der Waals surface area contributed by atoms with Crippen LogP contribution < -0.4 is 5.32 Å². The normalized spacial score (nSPS) is 18.7. The summed E-state index contributed by atoms with van der Waals surface area (Å²) in [7, 11) is -0.334. The van der Waals surface area contributed by atoms with E-state index in [1.165, 1.54) is 18.4 Å². The second-order valence-corrected chi connectivity index (χ2v) is 8.04. The monoisotopic (exact) mass is 312 g/mol. The number of hydrogen-bond donors (Lipinski definition) is 2. The fourth-order valence-electron chi connectivity index (χ4n) is 2.20. The maximum atomic E-state index is 12.0. The van der Waals surface area contributed by atoms with Crippen LogP contribution >= 0.6 is 0 Å². The van der Waals surface area contributed by atoms with Crippen LogP contribution in [-0.4, -0.2) is 44.6 Å². The standard InChI is InChI=1S/C15H24N2O3S/c1-11(16-10-15(18)13-4-5-13)12-6-8-14(9-7-12)21(19,20)17(2)3/h6-9,11,13,15-16,18H,4-5,10H2,1-3H3. The molecule has 2 unspecified atom stereocenters. The van der Waals surface area contributed by atoms with Crippen LogP contribution in [0.1, 0.15) is 31.4 Å². The van der Waals surface area contributed by atoms with Gasteiger partial charge in [-0.05, 0) is 43.4 Å². The largest absolute Gasteiger partial charge is 0.392 e. The molecule has 0 aliphatic heterocycles. The van der Waals surface area contributed by atoms with E-state index in [2.05, 4.69) is 5.32 Å². The molecule has 0 aromatic heterocycles. The summed E-state index contributed by atoms with van der Waals surface area (Å²) < 4.78 is 25.2. The smallest absolute Gasteiger partial charge is 0.242 e. The van der Waals surface area contributed by atoms with E-state index in [4.69, 9.17) is 0 Å². The maximum Gasteiger partial charge on any atom is 0.242 e. The van der Waals surface area contributed by atoms with Gasteiger partial charge >= 0.3 is 0 Å². The van der Waals surface area contributed by atoms with Gasteiger partial charge < -0.3 is 10.4 Å². The highest BCUT2D eigenvalue weighted by molar-refractivity contribution is 7.89. The van der Waals surface area contributed by atoms with Crippen molar-refractivity contribution in [1.82, 2.24) is 9.62 Å². The molecule has 2 N–H and O–H groups in total. The van der Waals surface area contributed by atoms with Gasteiger partial charge in [0.05, 0.1) is 11.0 Å². The molecule has 21 heavy (non-hydrogen) atoms. The third kappa shape index (κ3) is 4.03. The first-order valence-corrected chi connectivity index (χ1v) is 8.70. The van der Waals surface area contributed by atoms with E-state index in [-0.39, 0.29) is 12.1 Å². The number of aliphatic hydroxyl groups is 1. The lowest BCUT2D eigenvalue weighted by molar-refractivity contribution is 0.145. The number of nitrogens with one attached hydrogen (secondary N) is 1. The molecule has 0 heterocycles. The zero-order chi connectivity index (χ0) is 15.6. The second kappa shape index (κ2) is 6.44. The number of sulfonamides is 1. The Balaban J connectivity index is 1.97. The third-order valence-electron chi connectivity index (χ3n) is 3.96. The Bertz CT molecular complexity index is 565. The van der Waals surface area contributed by atoms with Crippen molar-refractivity contribution >= 4 is 10.0 Å². The maximum absolute atomic E-state index is 12.0. The molecule has 1 fully saturated rings. The molecule has 1 aliphatic carbocycles. The number of rotatable bonds is 7. The summed E-state index contributed by atoms with van der Waals surface area (Å²) in [6.45, 7) is 2.58. The summed E-state index contributed by atoms with van der Waals surface area (Å²) in [5.74, 6) is 0.456. The molecular weight excluding hydrogens is 288 g/mol. The highest BCUT2D eigenvalue weighted by Gasteiger charge is 2.29. The van der Waals surface area contributed by atoms with Gasteiger partial charge in [0.25, 0.3) is 0 Å². The van der Waals surface area contributed by atoms with Gasteiger partial charge in [-0.25, -0.2) is 12.7 Å². The van der Waals surface area contributed by atoms with Crippen LogP contribution in [0, 0.1) is 5.92 Å². The van der Waals surface area contributed by atoms with Crippen molar-refractivity contribution in [2.24, 2.45) is 5.92 Å². The van der Waals surface area contributed by atoms with Gasteiger partial charge in [0, 0.05) is 26.7 Å². The Labute approximate surface area is 127 Å². The Morgan fingerprint density at radius 2 is 1.86 bits per heavy atom. The average molecular weight is 312 g/mol. The Morgan fingerprint density at radius 1 is 1.29 bits per heavy atom. The van der Waals surface area contributed by atoms with Crippen LogP contribution in [0.25, 0.3) is 0 Å². The Morgan fingerprint density at radius 3 is 2.33 bits per heavy atom. The molecule has 0 bridgehead atoms. The van der Waals surface area contributed by atoms with Gasteiger partial charge in [-0.1, -0.05) is 12.1 Å². The van der Waals surface area contributed by atoms with Crippen LogP contribution in [0.4, 0.5) is 0 Å². The second-order valence-electron chi connectivity index (χ2n) is 5.89. The molecule has 1 aromatic rings. The lowest BCUT2D eigenvalue weighted by Crippen LogP contribution is -2.30. The molecule has 0 radical (unpaired) electrons.